The summed E-state index contributed by atoms with van der Waals surface area (Å²) in [6, 6.07) is 2.26. The Labute approximate surface area is 149 Å². The number of hydrogen-bond donors (Lipinski definition) is 1. The van der Waals surface area contributed by atoms with Crippen molar-refractivity contribution >= 4 is 45.2 Å². The van der Waals surface area contributed by atoms with Gasteiger partial charge in [-0.3, -0.25) is 9.48 Å². The first-order chi connectivity index (χ1) is 11.0. The van der Waals surface area contributed by atoms with Gasteiger partial charge in [0.25, 0.3) is 0 Å². The molecule has 1 fully saturated rings. The number of carbonyl (C=O) groups excluding carboxylic acids is 1. The van der Waals surface area contributed by atoms with Crippen molar-refractivity contribution in [3.63, 3.8) is 0 Å². The molecule has 0 saturated carbocycles. The number of likely N-dealkylation sites (N-methyl/N-ethyl adjacent to an activating group) is 1. The summed E-state index contributed by atoms with van der Waals surface area (Å²) in [4.78, 5) is 20.2. The third kappa shape index (κ3) is 3.27. The zero-order valence-corrected chi connectivity index (χ0v) is 15.5. The van der Waals surface area contributed by atoms with E-state index in [4.69, 9.17) is 5.73 Å². The molecule has 0 atom stereocenters. The van der Waals surface area contributed by atoms with Gasteiger partial charge in [0.2, 0.25) is 5.91 Å². The van der Waals surface area contributed by atoms with Crippen LogP contribution in [-0.4, -0.2) is 64.2 Å². The predicted molar refractivity (Wildman–Crippen MR) is 98.1 cm³/mol. The predicted octanol–water partition coefficient (Wildman–Crippen LogP) is 1.34. The van der Waals surface area contributed by atoms with Crippen LogP contribution < -0.4 is 5.73 Å². The molecule has 3 heterocycles. The minimum Gasteiger partial charge on any atom is -0.383 e. The largest absolute Gasteiger partial charge is 0.383 e. The van der Waals surface area contributed by atoms with E-state index < -0.39 is 0 Å². The summed E-state index contributed by atoms with van der Waals surface area (Å²) >= 11 is 2.21. The molecule has 0 aromatic carbocycles. The number of pyridine rings is 1. The molecular weight excluding hydrogens is 407 g/mol. The van der Waals surface area contributed by atoms with Gasteiger partial charge in [0.05, 0.1) is 23.5 Å². The summed E-state index contributed by atoms with van der Waals surface area (Å²) < 4.78 is 2.94. The summed E-state index contributed by atoms with van der Waals surface area (Å²) in [5.74, 6) is 0.721. The van der Waals surface area contributed by atoms with Gasteiger partial charge in [0, 0.05) is 19.3 Å². The number of nitrogens with two attached hydrogens (primary N) is 1. The minimum atomic E-state index is 0.196. The van der Waals surface area contributed by atoms with Gasteiger partial charge in [-0.25, -0.2) is 4.98 Å². The van der Waals surface area contributed by atoms with E-state index in [-0.39, 0.29) is 5.91 Å². The third-order valence-electron chi connectivity index (χ3n) is 4.22. The van der Waals surface area contributed by atoms with E-state index in [1.165, 1.54) is 0 Å². The second-order valence-electron chi connectivity index (χ2n) is 6.18. The molecule has 3 rings (SSSR count). The van der Waals surface area contributed by atoms with Crippen LogP contribution in [0.15, 0.2) is 12.3 Å². The molecule has 1 aliphatic rings. The van der Waals surface area contributed by atoms with Gasteiger partial charge in [0.1, 0.15) is 9.52 Å². The standard InChI is InChI=1S/C15H21IN6O/c1-20(2)9-12(23)21-7-4-10(5-8-21)22-11-3-6-18-15(17)13(11)14(16)19-22/h3,6,10H,4-5,7-9H2,1-2H3,(H2,17,18). The Bertz CT molecular complexity index is 720. The van der Waals surface area contributed by atoms with Crippen LogP contribution in [0.25, 0.3) is 10.9 Å². The fourth-order valence-corrected chi connectivity index (χ4v) is 3.86. The zero-order chi connectivity index (χ0) is 16.6. The maximum atomic E-state index is 12.1. The highest BCUT2D eigenvalue weighted by molar-refractivity contribution is 14.1. The number of nitrogen functional groups attached to an aromatic ring is 1. The molecule has 2 aromatic rings. The van der Waals surface area contributed by atoms with Gasteiger partial charge in [-0.05, 0) is 55.6 Å². The highest BCUT2D eigenvalue weighted by Crippen LogP contribution is 2.30. The van der Waals surface area contributed by atoms with E-state index in [9.17, 15) is 4.79 Å². The van der Waals surface area contributed by atoms with Gasteiger partial charge in [-0.15, -0.1) is 0 Å². The molecule has 0 aliphatic carbocycles. The first-order valence-electron chi connectivity index (χ1n) is 7.68. The fraction of sp³-hybridized carbons (Fsp3) is 0.533. The van der Waals surface area contributed by atoms with Gasteiger partial charge < -0.3 is 15.5 Å². The average Bonchev–Trinajstić information content (AvgIpc) is 2.85. The van der Waals surface area contributed by atoms with E-state index >= 15 is 0 Å². The van der Waals surface area contributed by atoms with Crippen molar-refractivity contribution < 1.29 is 4.79 Å². The van der Waals surface area contributed by atoms with Crippen LogP contribution in [0.4, 0.5) is 5.82 Å². The van der Waals surface area contributed by atoms with Crippen LogP contribution in [0, 0.1) is 3.70 Å². The summed E-state index contributed by atoms with van der Waals surface area (Å²) in [6.45, 7) is 2.02. The van der Waals surface area contributed by atoms with Crippen molar-refractivity contribution in [1.82, 2.24) is 24.6 Å². The molecule has 2 aromatic heterocycles. The van der Waals surface area contributed by atoms with Crippen molar-refractivity contribution in [1.29, 1.82) is 0 Å². The Morgan fingerprint density at radius 1 is 1.43 bits per heavy atom. The number of nitrogens with zero attached hydrogens (tertiary/aromatic N) is 5. The van der Waals surface area contributed by atoms with Crippen molar-refractivity contribution in [2.45, 2.75) is 18.9 Å². The molecule has 0 bridgehead atoms. The van der Waals surface area contributed by atoms with Crippen molar-refractivity contribution in [2.75, 3.05) is 39.5 Å². The molecule has 1 saturated heterocycles. The number of hydrogen-bond acceptors (Lipinski definition) is 5. The van der Waals surface area contributed by atoms with Gasteiger partial charge >= 0.3 is 0 Å². The number of piperidine rings is 1. The molecule has 1 aliphatic heterocycles. The Morgan fingerprint density at radius 3 is 2.78 bits per heavy atom. The number of carbonyl (C=O) groups is 1. The van der Waals surface area contributed by atoms with Crippen LogP contribution in [0.1, 0.15) is 18.9 Å². The lowest BCUT2D eigenvalue weighted by Gasteiger charge is -2.33. The molecule has 0 radical (unpaired) electrons. The van der Waals surface area contributed by atoms with E-state index in [0.717, 1.165) is 40.5 Å². The van der Waals surface area contributed by atoms with Crippen molar-refractivity contribution in [3.8, 4) is 0 Å². The van der Waals surface area contributed by atoms with E-state index in [2.05, 4.69) is 37.4 Å². The Balaban J connectivity index is 1.76. The number of halogens is 1. The average molecular weight is 428 g/mol. The lowest BCUT2D eigenvalue weighted by molar-refractivity contribution is -0.133. The first kappa shape index (κ1) is 16.4. The molecule has 2 N–H and O–H groups in total. The monoisotopic (exact) mass is 428 g/mol. The van der Waals surface area contributed by atoms with Crippen molar-refractivity contribution in [2.24, 2.45) is 0 Å². The van der Waals surface area contributed by atoms with E-state index in [0.29, 0.717) is 18.4 Å². The van der Waals surface area contributed by atoms with Crippen molar-refractivity contribution in [3.05, 3.63) is 16.0 Å². The van der Waals surface area contributed by atoms with Gasteiger partial charge in [-0.2, -0.15) is 5.10 Å². The van der Waals surface area contributed by atoms with Crippen LogP contribution in [0.3, 0.4) is 0 Å². The molecule has 8 heteroatoms. The highest BCUT2D eigenvalue weighted by atomic mass is 127. The lowest BCUT2D eigenvalue weighted by atomic mass is 10.0. The second-order valence-corrected chi connectivity index (χ2v) is 7.20. The lowest BCUT2D eigenvalue weighted by Crippen LogP contribution is -2.43. The fourth-order valence-electron chi connectivity index (χ4n) is 3.08. The normalized spacial score (nSPS) is 16.4. The van der Waals surface area contributed by atoms with Crippen LogP contribution >= 0.6 is 22.6 Å². The number of aromatic nitrogens is 3. The van der Waals surface area contributed by atoms with Gasteiger partial charge in [-0.1, -0.05) is 0 Å². The smallest absolute Gasteiger partial charge is 0.236 e. The maximum Gasteiger partial charge on any atom is 0.236 e. The minimum absolute atomic E-state index is 0.196. The molecule has 23 heavy (non-hydrogen) atoms. The van der Waals surface area contributed by atoms with E-state index in [1.807, 2.05) is 30.0 Å². The number of rotatable bonds is 3. The molecular formula is C15H21IN6O. The topological polar surface area (TPSA) is 80.3 Å². The highest BCUT2D eigenvalue weighted by Gasteiger charge is 2.26. The summed E-state index contributed by atoms with van der Waals surface area (Å²) in [7, 11) is 3.84. The van der Waals surface area contributed by atoms with Crippen LogP contribution in [0.2, 0.25) is 0 Å². The Morgan fingerprint density at radius 2 is 2.13 bits per heavy atom. The number of anilines is 1. The van der Waals surface area contributed by atoms with E-state index in [1.54, 1.807) is 6.20 Å². The number of fused-ring (bicyclic) bond motifs is 1. The zero-order valence-electron chi connectivity index (χ0n) is 13.4. The van der Waals surface area contributed by atoms with Gasteiger partial charge in [0.15, 0.2) is 0 Å². The summed E-state index contributed by atoms with van der Waals surface area (Å²) in [5.41, 5.74) is 7.01. The van der Waals surface area contributed by atoms with Crippen LogP contribution in [0.5, 0.6) is 0 Å². The molecule has 124 valence electrons. The number of amides is 1. The second kappa shape index (κ2) is 6.60. The SMILES string of the molecule is CN(C)CC(=O)N1CCC(n2nc(I)c3c(N)nccc32)CC1. The molecule has 1 amide bonds. The molecule has 0 spiro atoms. The number of likely N-dealkylation sites (tertiary alicyclic amines) is 1. The quantitative estimate of drug-likeness (QED) is 0.747. The maximum absolute atomic E-state index is 12.1. The summed E-state index contributed by atoms with van der Waals surface area (Å²) in [6.07, 6.45) is 3.55. The first-order valence-corrected chi connectivity index (χ1v) is 8.76. The Hall–Kier alpha value is -1.42. The Kier molecular flexibility index (Phi) is 4.72. The van der Waals surface area contributed by atoms with Crippen LogP contribution in [-0.2, 0) is 4.79 Å². The molecule has 7 nitrogen and oxygen atoms in total. The third-order valence-corrected chi connectivity index (χ3v) is 4.98. The summed E-state index contributed by atoms with van der Waals surface area (Å²) in [5, 5.41) is 5.59. The molecule has 0 unspecified atom stereocenters.